The Morgan fingerprint density at radius 3 is 2.51 bits per heavy atom. The molecule has 2 atom stereocenters. The molecule has 4 heterocycles. The lowest BCUT2D eigenvalue weighted by Crippen LogP contribution is -2.51. The van der Waals surface area contributed by atoms with E-state index in [1.807, 2.05) is 20.8 Å². The smallest absolute Gasteiger partial charge is 0.410 e. The predicted octanol–water partition coefficient (Wildman–Crippen LogP) is 3.31. The molecule has 2 fully saturated rings. The molecule has 2 aliphatic rings. The van der Waals surface area contributed by atoms with Gasteiger partial charge in [0.1, 0.15) is 11.4 Å². The SMILES string of the molecule is CC(C)(C)OC(=O)N1CCC(c2ncc(-c3cc(N[C@@H]4CCN(S(C)(=O)=O)C[C@H]4O)ncc3Cl)o2)CC1. The van der Waals surface area contributed by atoms with Gasteiger partial charge in [-0.1, -0.05) is 11.6 Å². The number of aromatic nitrogens is 2. The molecule has 2 saturated heterocycles. The zero-order chi connectivity index (χ0) is 27.0. The van der Waals surface area contributed by atoms with Crippen LogP contribution in [0.4, 0.5) is 10.6 Å². The number of halogens is 1. The molecule has 0 aliphatic carbocycles. The molecule has 2 N–H and O–H groups in total. The van der Waals surface area contributed by atoms with E-state index >= 15 is 0 Å². The molecule has 0 spiro atoms. The number of hydrogen-bond acceptors (Lipinski definition) is 9. The van der Waals surface area contributed by atoms with Gasteiger partial charge in [0.25, 0.3) is 0 Å². The number of nitrogens with zero attached hydrogens (tertiary/aromatic N) is 4. The van der Waals surface area contributed by atoms with E-state index in [9.17, 15) is 18.3 Å². The van der Waals surface area contributed by atoms with E-state index in [-0.39, 0.29) is 24.6 Å². The molecule has 0 saturated carbocycles. The fourth-order valence-electron chi connectivity index (χ4n) is 4.50. The van der Waals surface area contributed by atoms with E-state index in [1.54, 1.807) is 17.2 Å². The minimum Gasteiger partial charge on any atom is -0.444 e. The van der Waals surface area contributed by atoms with Crippen LogP contribution in [0.15, 0.2) is 22.9 Å². The number of carbonyl (C=O) groups excluding carboxylic acids is 1. The molecule has 2 aromatic heterocycles. The van der Waals surface area contributed by atoms with Gasteiger partial charge >= 0.3 is 6.09 Å². The van der Waals surface area contributed by atoms with Crippen LogP contribution >= 0.6 is 11.6 Å². The molecule has 0 aromatic carbocycles. The molecular formula is C24H34ClN5O6S. The van der Waals surface area contributed by atoms with Crippen molar-refractivity contribution in [1.29, 1.82) is 0 Å². The first-order valence-electron chi connectivity index (χ1n) is 12.3. The van der Waals surface area contributed by atoms with E-state index < -0.39 is 21.7 Å². The van der Waals surface area contributed by atoms with Crippen LogP contribution in [-0.4, -0.2) is 89.0 Å². The minimum atomic E-state index is -3.36. The number of ether oxygens (including phenoxy) is 1. The van der Waals surface area contributed by atoms with Crippen LogP contribution in [0.25, 0.3) is 11.3 Å². The van der Waals surface area contributed by atoms with Gasteiger partial charge in [-0.3, -0.25) is 0 Å². The number of likely N-dealkylation sites (tertiary alicyclic amines) is 1. The van der Waals surface area contributed by atoms with Crippen molar-refractivity contribution in [1.82, 2.24) is 19.2 Å². The number of aliphatic hydroxyl groups is 1. The van der Waals surface area contributed by atoms with Gasteiger partial charge < -0.3 is 24.5 Å². The van der Waals surface area contributed by atoms with Gasteiger partial charge in [-0.2, -0.15) is 4.31 Å². The van der Waals surface area contributed by atoms with Crippen molar-refractivity contribution >= 4 is 33.5 Å². The normalized spacial score (nSPS) is 22.2. The zero-order valence-corrected chi connectivity index (χ0v) is 23.0. The number of sulfonamides is 1. The topological polar surface area (TPSA) is 138 Å². The number of β-amino-alcohol motifs (C(OH)–C–C–N with tert-alkyl or cyclic N) is 1. The van der Waals surface area contributed by atoms with Crippen molar-refractivity contribution in [2.24, 2.45) is 0 Å². The van der Waals surface area contributed by atoms with Crippen molar-refractivity contribution in [2.45, 2.75) is 63.7 Å². The van der Waals surface area contributed by atoms with E-state index in [0.29, 0.717) is 67.0 Å². The van der Waals surface area contributed by atoms with Crippen molar-refractivity contribution < 1.29 is 27.5 Å². The lowest BCUT2D eigenvalue weighted by molar-refractivity contribution is 0.0199. The first-order valence-corrected chi connectivity index (χ1v) is 14.5. The fourth-order valence-corrected chi connectivity index (χ4v) is 5.56. The first-order chi connectivity index (χ1) is 17.3. The van der Waals surface area contributed by atoms with Gasteiger partial charge in [0.2, 0.25) is 10.0 Å². The Morgan fingerprint density at radius 1 is 1.19 bits per heavy atom. The van der Waals surface area contributed by atoms with Gasteiger partial charge in [0, 0.05) is 43.9 Å². The van der Waals surface area contributed by atoms with Crippen LogP contribution in [0.3, 0.4) is 0 Å². The molecule has 1 amide bonds. The summed E-state index contributed by atoms with van der Waals surface area (Å²) in [5.41, 5.74) is 0.0706. The van der Waals surface area contributed by atoms with Crippen LogP contribution in [0.5, 0.6) is 0 Å². The number of carbonyl (C=O) groups is 1. The van der Waals surface area contributed by atoms with E-state index in [2.05, 4.69) is 15.3 Å². The standard InChI is InChI=1S/C24H34ClN5O6S/c1-24(2,3)36-23(32)29-8-5-15(6-9-29)22-27-13-20(35-22)16-11-21(26-12-17(16)25)28-18-7-10-30(14-19(18)31)37(4,33)34/h11-13,15,18-19,31H,5-10,14H2,1-4H3,(H,26,28)/t18-,19-/m1/s1. The maximum Gasteiger partial charge on any atom is 0.410 e. The molecule has 204 valence electrons. The number of nitrogens with one attached hydrogen (secondary N) is 1. The summed E-state index contributed by atoms with van der Waals surface area (Å²) in [7, 11) is -3.36. The number of oxazole rings is 1. The monoisotopic (exact) mass is 555 g/mol. The number of anilines is 1. The van der Waals surface area contributed by atoms with Crippen molar-refractivity contribution in [3.8, 4) is 11.3 Å². The van der Waals surface area contributed by atoms with Crippen LogP contribution in [-0.2, 0) is 14.8 Å². The molecule has 2 aromatic rings. The number of hydrogen-bond donors (Lipinski definition) is 2. The lowest BCUT2D eigenvalue weighted by atomic mass is 9.97. The molecule has 13 heteroatoms. The van der Waals surface area contributed by atoms with Crippen LogP contribution < -0.4 is 5.32 Å². The number of amides is 1. The summed E-state index contributed by atoms with van der Waals surface area (Å²) in [6.07, 6.45) is 4.92. The van der Waals surface area contributed by atoms with E-state index in [0.717, 1.165) is 6.26 Å². The van der Waals surface area contributed by atoms with Gasteiger partial charge in [0.15, 0.2) is 11.7 Å². The number of pyridine rings is 1. The number of rotatable bonds is 5. The highest BCUT2D eigenvalue weighted by Crippen LogP contribution is 2.34. The molecule has 0 bridgehead atoms. The quantitative estimate of drug-likeness (QED) is 0.569. The number of piperidine rings is 2. The molecule has 37 heavy (non-hydrogen) atoms. The fraction of sp³-hybridized carbons (Fsp3) is 0.625. The maximum atomic E-state index is 12.3. The molecule has 0 radical (unpaired) electrons. The Balaban J connectivity index is 1.40. The summed E-state index contributed by atoms with van der Waals surface area (Å²) in [6, 6.07) is 1.37. The average molecular weight is 556 g/mol. The first kappa shape index (κ1) is 27.6. The van der Waals surface area contributed by atoms with Gasteiger partial charge in [-0.05, 0) is 46.1 Å². The Bertz CT molecular complexity index is 1220. The molecular weight excluding hydrogens is 522 g/mol. The third-order valence-electron chi connectivity index (χ3n) is 6.49. The van der Waals surface area contributed by atoms with Gasteiger partial charge in [0.05, 0.1) is 29.6 Å². The largest absolute Gasteiger partial charge is 0.444 e. The summed E-state index contributed by atoms with van der Waals surface area (Å²) in [6.45, 7) is 6.99. The Hall–Kier alpha value is -2.41. The average Bonchev–Trinajstić information content (AvgIpc) is 3.30. The number of aliphatic hydroxyl groups excluding tert-OH is 1. The molecule has 2 aliphatic heterocycles. The molecule has 4 rings (SSSR count). The van der Waals surface area contributed by atoms with Crippen molar-refractivity contribution in [3.05, 3.63) is 29.4 Å². The van der Waals surface area contributed by atoms with Gasteiger partial charge in [-0.25, -0.2) is 23.2 Å². The zero-order valence-electron chi connectivity index (χ0n) is 21.5. The highest BCUT2D eigenvalue weighted by Gasteiger charge is 2.33. The van der Waals surface area contributed by atoms with Crippen molar-refractivity contribution in [2.75, 3.05) is 37.8 Å². The van der Waals surface area contributed by atoms with Crippen molar-refractivity contribution in [3.63, 3.8) is 0 Å². The predicted molar refractivity (Wildman–Crippen MR) is 139 cm³/mol. The summed E-state index contributed by atoms with van der Waals surface area (Å²) < 4.78 is 36.4. The summed E-state index contributed by atoms with van der Waals surface area (Å²) in [5.74, 6) is 1.64. The van der Waals surface area contributed by atoms with E-state index in [4.69, 9.17) is 20.8 Å². The van der Waals surface area contributed by atoms with Crippen LogP contribution in [0.2, 0.25) is 5.02 Å². The lowest BCUT2D eigenvalue weighted by Gasteiger charge is -2.35. The second kappa shape index (κ2) is 10.8. The third-order valence-corrected chi connectivity index (χ3v) is 8.06. The maximum absolute atomic E-state index is 12.3. The second-order valence-electron chi connectivity index (χ2n) is 10.6. The van der Waals surface area contributed by atoms with Crippen LogP contribution in [0.1, 0.15) is 51.8 Å². The molecule has 0 unspecified atom stereocenters. The second-order valence-corrected chi connectivity index (χ2v) is 13.0. The summed E-state index contributed by atoms with van der Waals surface area (Å²) in [5, 5.41) is 14.1. The van der Waals surface area contributed by atoms with Gasteiger partial charge in [-0.15, -0.1) is 0 Å². The Morgan fingerprint density at radius 2 is 1.89 bits per heavy atom. The Kier molecular flexibility index (Phi) is 8.03. The summed E-state index contributed by atoms with van der Waals surface area (Å²) in [4.78, 5) is 22.8. The van der Waals surface area contributed by atoms with Crippen LogP contribution in [0, 0.1) is 0 Å². The highest BCUT2D eigenvalue weighted by atomic mass is 35.5. The minimum absolute atomic E-state index is 0.0230. The van der Waals surface area contributed by atoms with E-state index in [1.165, 1.54) is 10.5 Å². The molecule has 11 nitrogen and oxygen atoms in total. The summed E-state index contributed by atoms with van der Waals surface area (Å²) >= 11 is 6.41. The highest BCUT2D eigenvalue weighted by molar-refractivity contribution is 7.88. The third kappa shape index (κ3) is 6.92. The Labute approximate surface area is 222 Å².